The highest BCUT2D eigenvalue weighted by molar-refractivity contribution is 6.01. The topological polar surface area (TPSA) is 76.7 Å². The molecule has 0 saturated heterocycles. The molecule has 1 aliphatic rings. The van der Waals surface area contributed by atoms with Crippen molar-refractivity contribution >= 4 is 28.7 Å². The zero-order valence-corrected chi connectivity index (χ0v) is 11.6. The molecule has 0 spiro atoms. The van der Waals surface area contributed by atoms with Gasteiger partial charge < -0.3 is 15.8 Å². The van der Waals surface area contributed by atoms with Crippen molar-refractivity contribution in [3.8, 4) is 5.75 Å². The molecule has 0 saturated carbocycles. The third kappa shape index (κ3) is 2.86. The summed E-state index contributed by atoms with van der Waals surface area (Å²) in [6.45, 7) is 1.88. The number of amidine groups is 1. The average molecular weight is 281 g/mol. The average Bonchev–Trinajstić information content (AvgIpc) is 2.48. The van der Waals surface area contributed by atoms with Crippen LogP contribution in [-0.4, -0.2) is 18.2 Å². The molecule has 1 aliphatic heterocycles. The van der Waals surface area contributed by atoms with Gasteiger partial charge in [0.1, 0.15) is 23.9 Å². The van der Waals surface area contributed by atoms with Crippen LogP contribution in [0.3, 0.4) is 0 Å². The Morgan fingerprint density at radius 2 is 2.14 bits per heavy atom. The van der Waals surface area contributed by atoms with Crippen LogP contribution in [-0.2, 0) is 0 Å². The Bertz CT molecular complexity index is 738. The minimum absolute atomic E-state index is 0.0290. The molecule has 0 fully saturated rings. The minimum atomic E-state index is 0.0290. The SMILES string of the molecule is CC(=O)c1cccc(NC2=Nc3ccc(N)cc3OC2)c1. The maximum absolute atomic E-state index is 11.4. The normalized spacial score (nSPS) is 12.9. The van der Waals surface area contributed by atoms with Gasteiger partial charge in [-0.1, -0.05) is 12.1 Å². The van der Waals surface area contributed by atoms with Crippen molar-refractivity contribution in [3.05, 3.63) is 48.0 Å². The van der Waals surface area contributed by atoms with Gasteiger partial charge in [0.15, 0.2) is 5.78 Å². The summed E-state index contributed by atoms with van der Waals surface area (Å²) >= 11 is 0. The molecule has 0 atom stereocenters. The number of Topliss-reactive ketones (excluding diaryl/α,β-unsaturated/α-hetero) is 1. The molecule has 1 heterocycles. The number of benzene rings is 2. The van der Waals surface area contributed by atoms with E-state index in [-0.39, 0.29) is 5.78 Å². The van der Waals surface area contributed by atoms with Crippen LogP contribution in [0.15, 0.2) is 47.5 Å². The number of carbonyl (C=O) groups is 1. The molecular formula is C16H15N3O2. The van der Waals surface area contributed by atoms with Gasteiger partial charge in [-0.2, -0.15) is 0 Å². The predicted molar refractivity (Wildman–Crippen MR) is 83.5 cm³/mol. The quantitative estimate of drug-likeness (QED) is 0.655. The lowest BCUT2D eigenvalue weighted by atomic mass is 10.1. The molecule has 2 aromatic rings. The van der Waals surface area contributed by atoms with Gasteiger partial charge in [-0.25, -0.2) is 4.99 Å². The molecule has 106 valence electrons. The number of anilines is 2. The van der Waals surface area contributed by atoms with Crippen LogP contribution in [0, 0.1) is 0 Å². The summed E-state index contributed by atoms with van der Waals surface area (Å²) in [5.74, 6) is 1.40. The minimum Gasteiger partial charge on any atom is -0.483 e. The van der Waals surface area contributed by atoms with Gasteiger partial charge in [0.05, 0.1) is 0 Å². The first-order valence-electron chi connectivity index (χ1n) is 6.60. The van der Waals surface area contributed by atoms with Gasteiger partial charge in [-0.05, 0) is 31.2 Å². The highest BCUT2D eigenvalue weighted by Crippen LogP contribution is 2.32. The number of nitrogens with two attached hydrogens (primary N) is 1. The number of nitrogens with one attached hydrogen (secondary N) is 1. The van der Waals surface area contributed by atoms with E-state index in [9.17, 15) is 4.79 Å². The monoisotopic (exact) mass is 281 g/mol. The van der Waals surface area contributed by atoms with E-state index in [1.807, 2.05) is 18.2 Å². The molecule has 3 N–H and O–H groups in total. The van der Waals surface area contributed by atoms with E-state index in [2.05, 4.69) is 10.3 Å². The summed E-state index contributed by atoms with van der Waals surface area (Å²) in [5.41, 5.74) is 8.56. The first-order chi connectivity index (χ1) is 10.1. The molecule has 3 rings (SSSR count). The van der Waals surface area contributed by atoms with Crippen LogP contribution in [0.5, 0.6) is 5.75 Å². The molecular weight excluding hydrogens is 266 g/mol. The van der Waals surface area contributed by atoms with Gasteiger partial charge in [0.2, 0.25) is 0 Å². The Hall–Kier alpha value is -2.82. The molecule has 21 heavy (non-hydrogen) atoms. The van der Waals surface area contributed by atoms with Crippen LogP contribution in [0.4, 0.5) is 17.1 Å². The van der Waals surface area contributed by atoms with E-state index in [1.54, 1.807) is 31.2 Å². The smallest absolute Gasteiger partial charge is 0.159 e. The molecule has 0 aromatic heterocycles. The number of nitrogens with zero attached hydrogens (tertiary/aromatic N) is 1. The molecule has 5 heteroatoms. The van der Waals surface area contributed by atoms with E-state index in [4.69, 9.17) is 10.5 Å². The lowest BCUT2D eigenvalue weighted by molar-refractivity contribution is 0.101. The van der Waals surface area contributed by atoms with Crippen LogP contribution in [0.25, 0.3) is 0 Å². The third-order valence-electron chi connectivity index (χ3n) is 3.16. The number of carbonyl (C=O) groups excluding carboxylic acids is 1. The van der Waals surface area contributed by atoms with Gasteiger partial charge >= 0.3 is 0 Å². The number of aliphatic imine (C=N–C) groups is 1. The highest BCUT2D eigenvalue weighted by atomic mass is 16.5. The van der Waals surface area contributed by atoms with E-state index < -0.39 is 0 Å². The lowest BCUT2D eigenvalue weighted by Gasteiger charge is -2.18. The Labute approximate surface area is 122 Å². The van der Waals surface area contributed by atoms with Crippen LogP contribution in [0.1, 0.15) is 17.3 Å². The number of hydrogen-bond acceptors (Lipinski definition) is 5. The molecule has 0 radical (unpaired) electrons. The number of nitrogen functional groups attached to an aromatic ring is 1. The summed E-state index contributed by atoms with van der Waals surface area (Å²) in [7, 11) is 0. The van der Waals surface area contributed by atoms with E-state index in [0.29, 0.717) is 29.4 Å². The van der Waals surface area contributed by atoms with Crippen molar-refractivity contribution in [2.45, 2.75) is 6.92 Å². The molecule has 5 nitrogen and oxygen atoms in total. The van der Waals surface area contributed by atoms with Crippen LogP contribution < -0.4 is 15.8 Å². The highest BCUT2D eigenvalue weighted by Gasteiger charge is 2.13. The summed E-state index contributed by atoms with van der Waals surface area (Å²) in [6, 6.07) is 12.6. The zero-order chi connectivity index (χ0) is 14.8. The Kier molecular flexibility index (Phi) is 3.31. The summed E-state index contributed by atoms with van der Waals surface area (Å²) in [4.78, 5) is 15.9. The molecule has 0 amide bonds. The number of fused-ring (bicyclic) bond motifs is 1. The summed E-state index contributed by atoms with van der Waals surface area (Å²) in [5, 5.41) is 3.17. The van der Waals surface area contributed by atoms with Crippen molar-refractivity contribution in [1.82, 2.24) is 0 Å². The fraction of sp³-hybridized carbons (Fsp3) is 0.125. The Morgan fingerprint density at radius 3 is 2.95 bits per heavy atom. The number of hydrogen-bond donors (Lipinski definition) is 2. The fourth-order valence-electron chi connectivity index (χ4n) is 2.11. The Morgan fingerprint density at radius 1 is 1.29 bits per heavy atom. The van der Waals surface area contributed by atoms with Crippen molar-refractivity contribution in [1.29, 1.82) is 0 Å². The van der Waals surface area contributed by atoms with Crippen molar-refractivity contribution in [3.63, 3.8) is 0 Å². The molecule has 2 aromatic carbocycles. The first-order valence-corrected chi connectivity index (χ1v) is 6.60. The predicted octanol–water partition coefficient (Wildman–Crippen LogP) is 3.01. The van der Waals surface area contributed by atoms with Crippen LogP contribution in [0.2, 0.25) is 0 Å². The summed E-state index contributed by atoms with van der Waals surface area (Å²) in [6.07, 6.45) is 0. The van der Waals surface area contributed by atoms with E-state index in [0.717, 1.165) is 11.4 Å². The maximum Gasteiger partial charge on any atom is 0.159 e. The van der Waals surface area contributed by atoms with E-state index in [1.165, 1.54) is 0 Å². The first kappa shape index (κ1) is 13.2. The standard InChI is InChI=1S/C16H15N3O2/c1-10(20)11-3-2-4-13(7-11)18-16-9-21-15-8-12(17)5-6-14(15)19-16/h2-8H,9,17H2,1H3,(H,18,19). The maximum atomic E-state index is 11.4. The largest absolute Gasteiger partial charge is 0.483 e. The lowest BCUT2D eigenvalue weighted by Crippen LogP contribution is -2.23. The fourth-order valence-corrected chi connectivity index (χ4v) is 2.11. The van der Waals surface area contributed by atoms with Crippen molar-refractivity contribution in [2.24, 2.45) is 4.99 Å². The van der Waals surface area contributed by atoms with Gasteiger partial charge in [0.25, 0.3) is 0 Å². The van der Waals surface area contributed by atoms with Crippen molar-refractivity contribution in [2.75, 3.05) is 17.7 Å². The van der Waals surface area contributed by atoms with E-state index >= 15 is 0 Å². The summed E-state index contributed by atoms with van der Waals surface area (Å²) < 4.78 is 5.63. The van der Waals surface area contributed by atoms with Gasteiger partial charge in [-0.3, -0.25) is 4.79 Å². The van der Waals surface area contributed by atoms with Gasteiger partial charge in [0, 0.05) is 23.0 Å². The van der Waals surface area contributed by atoms with Gasteiger partial charge in [-0.15, -0.1) is 0 Å². The second-order valence-electron chi connectivity index (χ2n) is 4.84. The molecule has 0 unspecified atom stereocenters. The Balaban J connectivity index is 1.84. The number of rotatable bonds is 2. The zero-order valence-electron chi connectivity index (χ0n) is 11.6. The number of ketones is 1. The van der Waals surface area contributed by atoms with Crippen molar-refractivity contribution < 1.29 is 9.53 Å². The second kappa shape index (κ2) is 5.28. The molecule has 0 aliphatic carbocycles. The second-order valence-corrected chi connectivity index (χ2v) is 4.84. The third-order valence-corrected chi connectivity index (χ3v) is 3.16. The molecule has 0 bridgehead atoms. The number of ether oxygens (including phenoxy) is 1. The van der Waals surface area contributed by atoms with Crippen LogP contribution >= 0.6 is 0 Å².